The maximum absolute atomic E-state index is 13.2. The highest BCUT2D eigenvalue weighted by Gasteiger charge is 2.39. The minimum atomic E-state index is -2.73. The number of rotatable bonds is 3. The van der Waals surface area contributed by atoms with E-state index in [1.165, 1.54) is 26.8 Å². The number of allylic oxidation sites excluding steroid dienone is 4. The van der Waals surface area contributed by atoms with Crippen LogP contribution < -0.4 is 0 Å². The maximum Gasteiger partial charge on any atom is 0.271 e. The van der Waals surface area contributed by atoms with Crippen LogP contribution in [0.1, 0.15) is 34.1 Å². The average molecular weight is 188 g/mol. The van der Waals surface area contributed by atoms with Gasteiger partial charge in [0.1, 0.15) is 0 Å². The first-order valence-corrected chi connectivity index (χ1v) is 4.48. The molecule has 2 heteroatoms. The maximum atomic E-state index is 13.2. The van der Waals surface area contributed by atoms with Gasteiger partial charge in [-0.3, -0.25) is 0 Å². The molecule has 0 aromatic carbocycles. The molecule has 0 rings (SSSR count). The van der Waals surface area contributed by atoms with Gasteiger partial charge in [0.2, 0.25) is 0 Å². The number of hydrogen-bond donors (Lipinski definition) is 0. The summed E-state index contributed by atoms with van der Waals surface area (Å²) >= 11 is 0. The largest absolute Gasteiger partial charge is 0.271 e. The van der Waals surface area contributed by atoms with Crippen LogP contribution in [0.25, 0.3) is 0 Å². The molecule has 0 radical (unpaired) electrons. The zero-order valence-electron chi connectivity index (χ0n) is 8.77. The Balaban J connectivity index is 4.25. The molecule has 0 spiro atoms. The molecule has 0 aromatic heterocycles. The van der Waals surface area contributed by atoms with Crippen molar-refractivity contribution >= 4 is 0 Å². The SMILES string of the molecule is C/C=C/C/C=C\C(F)(F)C(C)(C)C. The summed E-state index contributed by atoms with van der Waals surface area (Å²) in [6.07, 6.45) is 6.76. The van der Waals surface area contributed by atoms with E-state index in [-0.39, 0.29) is 0 Å². The molecule has 0 amide bonds. The lowest BCUT2D eigenvalue weighted by Crippen LogP contribution is -2.31. The van der Waals surface area contributed by atoms with Gasteiger partial charge in [0.15, 0.2) is 0 Å². The Morgan fingerprint density at radius 1 is 1.08 bits per heavy atom. The lowest BCUT2D eigenvalue weighted by molar-refractivity contribution is -0.0501. The highest BCUT2D eigenvalue weighted by Crippen LogP contribution is 2.36. The fraction of sp³-hybridized carbons (Fsp3) is 0.636. The third kappa shape index (κ3) is 4.20. The van der Waals surface area contributed by atoms with Gasteiger partial charge in [-0.25, -0.2) is 8.78 Å². The molecule has 0 N–H and O–H groups in total. The third-order valence-electron chi connectivity index (χ3n) is 1.83. The van der Waals surface area contributed by atoms with Crippen molar-refractivity contribution in [1.82, 2.24) is 0 Å². The van der Waals surface area contributed by atoms with Crippen LogP contribution in [-0.2, 0) is 0 Å². The topological polar surface area (TPSA) is 0 Å². The van der Waals surface area contributed by atoms with Crippen molar-refractivity contribution in [2.75, 3.05) is 0 Å². The number of alkyl halides is 2. The molecule has 0 saturated heterocycles. The minimum absolute atomic E-state index is 0.572. The van der Waals surface area contributed by atoms with Crippen molar-refractivity contribution in [3.8, 4) is 0 Å². The van der Waals surface area contributed by atoms with Crippen molar-refractivity contribution in [3.63, 3.8) is 0 Å². The molecule has 0 aliphatic rings. The summed E-state index contributed by atoms with van der Waals surface area (Å²) in [6, 6.07) is 0. The molecular weight excluding hydrogens is 170 g/mol. The molecule has 0 aromatic rings. The Kier molecular flexibility index (Phi) is 4.31. The number of hydrogen-bond acceptors (Lipinski definition) is 0. The van der Waals surface area contributed by atoms with Gasteiger partial charge in [0.25, 0.3) is 5.92 Å². The molecule has 0 unspecified atom stereocenters. The van der Waals surface area contributed by atoms with Crippen molar-refractivity contribution in [2.45, 2.75) is 40.0 Å². The monoisotopic (exact) mass is 188 g/mol. The van der Waals surface area contributed by atoms with E-state index in [1.807, 2.05) is 19.1 Å². The second-order valence-corrected chi connectivity index (χ2v) is 4.08. The Bertz CT molecular complexity index is 195. The summed E-state index contributed by atoms with van der Waals surface area (Å²) in [5.74, 6) is -2.73. The first kappa shape index (κ1) is 12.3. The fourth-order valence-corrected chi connectivity index (χ4v) is 0.681. The van der Waals surface area contributed by atoms with Gasteiger partial charge in [-0.05, 0) is 19.4 Å². The van der Waals surface area contributed by atoms with Crippen LogP contribution in [0.2, 0.25) is 0 Å². The van der Waals surface area contributed by atoms with E-state index in [4.69, 9.17) is 0 Å². The number of halogens is 2. The van der Waals surface area contributed by atoms with Crippen LogP contribution in [0.15, 0.2) is 24.3 Å². The second-order valence-electron chi connectivity index (χ2n) is 4.08. The quantitative estimate of drug-likeness (QED) is 0.582. The molecule has 0 aliphatic heterocycles. The first-order valence-electron chi connectivity index (χ1n) is 4.48. The van der Waals surface area contributed by atoms with E-state index in [1.54, 1.807) is 0 Å². The van der Waals surface area contributed by atoms with Crippen LogP contribution in [-0.4, -0.2) is 5.92 Å². The van der Waals surface area contributed by atoms with Gasteiger partial charge >= 0.3 is 0 Å². The van der Waals surface area contributed by atoms with Gasteiger partial charge < -0.3 is 0 Å². The van der Waals surface area contributed by atoms with Gasteiger partial charge in [-0.2, -0.15) is 0 Å². The van der Waals surface area contributed by atoms with Gasteiger partial charge in [-0.1, -0.05) is 39.0 Å². The summed E-state index contributed by atoms with van der Waals surface area (Å²) in [5, 5.41) is 0. The molecule has 13 heavy (non-hydrogen) atoms. The molecule has 0 atom stereocenters. The summed E-state index contributed by atoms with van der Waals surface area (Å²) < 4.78 is 26.5. The molecule has 0 heterocycles. The average Bonchev–Trinajstić information content (AvgIpc) is 1.96. The predicted octanol–water partition coefficient (Wildman–Crippen LogP) is 4.19. The van der Waals surface area contributed by atoms with E-state index in [9.17, 15) is 8.78 Å². The minimum Gasteiger partial charge on any atom is -0.201 e. The van der Waals surface area contributed by atoms with E-state index < -0.39 is 11.3 Å². The zero-order valence-corrected chi connectivity index (χ0v) is 8.77. The van der Waals surface area contributed by atoms with Crippen LogP contribution in [0, 0.1) is 5.41 Å². The second kappa shape index (κ2) is 4.54. The summed E-state index contributed by atoms with van der Waals surface area (Å²) in [6.45, 7) is 6.47. The van der Waals surface area contributed by atoms with Crippen molar-refractivity contribution in [3.05, 3.63) is 24.3 Å². The van der Waals surface area contributed by atoms with Gasteiger partial charge in [0, 0.05) is 5.41 Å². The molecule has 0 aliphatic carbocycles. The van der Waals surface area contributed by atoms with Gasteiger partial charge in [-0.15, -0.1) is 0 Å². The standard InChI is InChI=1S/C11H18F2/c1-5-6-7-8-9-11(12,13)10(2,3)4/h5-6,8-9H,7H2,1-4H3/b6-5+,9-8-. The van der Waals surface area contributed by atoms with Crippen LogP contribution in [0.5, 0.6) is 0 Å². The first-order chi connectivity index (χ1) is 5.81. The summed E-state index contributed by atoms with van der Waals surface area (Å²) in [4.78, 5) is 0. The molecule has 0 fully saturated rings. The summed E-state index contributed by atoms with van der Waals surface area (Å²) in [7, 11) is 0. The predicted molar refractivity (Wildman–Crippen MR) is 53.0 cm³/mol. The summed E-state index contributed by atoms with van der Waals surface area (Å²) in [5.41, 5.74) is -1.00. The van der Waals surface area contributed by atoms with E-state index in [2.05, 4.69) is 0 Å². The van der Waals surface area contributed by atoms with Crippen molar-refractivity contribution < 1.29 is 8.78 Å². The fourth-order valence-electron chi connectivity index (χ4n) is 0.681. The molecule has 0 saturated carbocycles. The van der Waals surface area contributed by atoms with Crippen LogP contribution in [0.3, 0.4) is 0 Å². The van der Waals surface area contributed by atoms with Gasteiger partial charge in [0.05, 0.1) is 0 Å². The van der Waals surface area contributed by atoms with Crippen molar-refractivity contribution in [2.24, 2.45) is 5.41 Å². The smallest absolute Gasteiger partial charge is 0.201 e. The Labute approximate surface area is 79.3 Å². The third-order valence-corrected chi connectivity index (χ3v) is 1.83. The Hall–Kier alpha value is -0.660. The Morgan fingerprint density at radius 2 is 1.62 bits per heavy atom. The van der Waals surface area contributed by atoms with E-state index in [0.29, 0.717) is 6.42 Å². The van der Waals surface area contributed by atoms with Crippen LogP contribution >= 0.6 is 0 Å². The molecule has 0 bridgehead atoms. The van der Waals surface area contributed by atoms with E-state index >= 15 is 0 Å². The van der Waals surface area contributed by atoms with Crippen molar-refractivity contribution in [1.29, 1.82) is 0 Å². The zero-order chi connectivity index (χ0) is 10.5. The van der Waals surface area contributed by atoms with Crippen LogP contribution in [0.4, 0.5) is 8.78 Å². The normalized spacial score (nSPS) is 14.6. The highest BCUT2D eigenvalue weighted by molar-refractivity contribution is 5.03. The van der Waals surface area contributed by atoms with E-state index in [0.717, 1.165) is 6.08 Å². The molecular formula is C11H18F2. The lowest BCUT2D eigenvalue weighted by atomic mass is 9.88. The molecule has 76 valence electrons. The Morgan fingerprint density at radius 3 is 2.00 bits per heavy atom. The highest BCUT2D eigenvalue weighted by atomic mass is 19.3. The lowest BCUT2D eigenvalue weighted by Gasteiger charge is -2.27. The molecule has 0 nitrogen and oxygen atoms in total.